The van der Waals surface area contributed by atoms with E-state index in [1.165, 1.54) is 6.08 Å². The van der Waals surface area contributed by atoms with Gasteiger partial charge >= 0.3 is 0 Å². The number of nitriles is 1. The first-order valence-electron chi connectivity index (χ1n) is 9.63. The molecular formula is C25H16Cl2N4O. The van der Waals surface area contributed by atoms with Crippen LogP contribution in [0, 0.1) is 11.3 Å². The largest absolute Gasteiger partial charge is 0.321 e. The summed E-state index contributed by atoms with van der Waals surface area (Å²) in [7, 11) is 0. The number of anilines is 1. The minimum atomic E-state index is -0.572. The topological polar surface area (TPSA) is 70.7 Å². The predicted octanol–water partition coefficient (Wildman–Crippen LogP) is 6.39. The summed E-state index contributed by atoms with van der Waals surface area (Å²) in [5, 5.41) is 17.8. The standard InChI is InChI=1S/C25H16Cl2N4O/c26-20-12-21(27)14-22(13-20)29-25(32)18(15-28)11-19-16-31(23-9-5-2-6-10-23)30-24(19)17-7-3-1-4-8-17/h1-14,16H,(H,29,32)/b18-11-. The van der Waals surface area contributed by atoms with Crippen LogP contribution in [0.5, 0.6) is 0 Å². The van der Waals surface area contributed by atoms with Gasteiger partial charge in [-0.2, -0.15) is 10.4 Å². The van der Waals surface area contributed by atoms with Crippen molar-refractivity contribution in [2.24, 2.45) is 0 Å². The summed E-state index contributed by atoms with van der Waals surface area (Å²) in [6.07, 6.45) is 3.31. The van der Waals surface area contributed by atoms with Crippen LogP contribution in [0.15, 0.2) is 90.6 Å². The lowest BCUT2D eigenvalue weighted by molar-refractivity contribution is -0.112. The van der Waals surface area contributed by atoms with Gasteiger partial charge in [0.25, 0.3) is 5.91 Å². The number of hydrogen-bond acceptors (Lipinski definition) is 3. The zero-order valence-corrected chi connectivity index (χ0v) is 18.2. The summed E-state index contributed by atoms with van der Waals surface area (Å²) < 4.78 is 1.72. The summed E-state index contributed by atoms with van der Waals surface area (Å²) in [5.41, 5.74) is 3.34. The number of carbonyl (C=O) groups is 1. The number of carbonyl (C=O) groups excluding carboxylic acids is 1. The molecule has 0 aliphatic heterocycles. The fourth-order valence-electron chi connectivity index (χ4n) is 3.15. The molecule has 0 bridgehead atoms. The molecule has 4 aromatic rings. The second-order valence-electron chi connectivity index (χ2n) is 6.86. The van der Waals surface area contributed by atoms with E-state index >= 15 is 0 Å². The van der Waals surface area contributed by atoms with Crippen molar-refractivity contribution in [3.05, 3.63) is 106 Å². The highest BCUT2D eigenvalue weighted by Crippen LogP contribution is 2.27. The molecule has 0 unspecified atom stereocenters. The van der Waals surface area contributed by atoms with Crippen molar-refractivity contribution in [1.82, 2.24) is 9.78 Å². The van der Waals surface area contributed by atoms with E-state index < -0.39 is 5.91 Å². The number of para-hydroxylation sites is 1. The van der Waals surface area contributed by atoms with E-state index in [1.54, 1.807) is 29.1 Å². The Morgan fingerprint density at radius 3 is 2.22 bits per heavy atom. The third kappa shape index (κ3) is 4.89. The van der Waals surface area contributed by atoms with E-state index in [2.05, 4.69) is 5.32 Å². The lowest BCUT2D eigenvalue weighted by Gasteiger charge is -2.06. The molecule has 1 aromatic heterocycles. The molecule has 1 amide bonds. The number of amides is 1. The molecule has 1 heterocycles. The van der Waals surface area contributed by atoms with Crippen molar-refractivity contribution < 1.29 is 4.79 Å². The van der Waals surface area contributed by atoms with E-state index in [0.717, 1.165) is 11.3 Å². The van der Waals surface area contributed by atoms with Crippen molar-refractivity contribution in [2.45, 2.75) is 0 Å². The van der Waals surface area contributed by atoms with Gasteiger partial charge in [0.2, 0.25) is 0 Å². The summed E-state index contributed by atoms with van der Waals surface area (Å²) in [4.78, 5) is 12.8. The van der Waals surface area contributed by atoms with Gasteiger partial charge in [0.05, 0.1) is 11.4 Å². The maximum Gasteiger partial charge on any atom is 0.266 e. The lowest BCUT2D eigenvalue weighted by Crippen LogP contribution is -2.13. The van der Waals surface area contributed by atoms with Crippen LogP contribution in [0.4, 0.5) is 5.69 Å². The first kappa shape index (κ1) is 21.4. The zero-order valence-electron chi connectivity index (χ0n) is 16.7. The lowest BCUT2D eigenvalue weighted by atomic mass is 10.1. The Balaban J connectivity index is 1.74. The number of hydrogen-bond donors (Lipinski definition) is 1. The van der Waals surface area contributed by atoms with E-state index in [-0.39, 0.29) is 5.57 Å². The first-order valence-corrected chi connectivity index (χ1v) is 10.4. The molecule has 32 heavy (non-hydrogen) atoms. The highest BCUT2D eigenvalue weighted by molar-refractivity contribution is 6.35. The Labute approximate surface area is 195 Å². The molecule has 3 aromatic carbocycles. The van der Waals surface area contributed by atoms with Crippen LogP contribution in [0.1, 0.15) is 5.56 Å². The smallest absolute Gasteiger partial charge is 0.266 e. The van der Waals surface area contributed by atoms with Gasteiger partial charge in [0, 0.05) is 33.1 Å². The molecule has 0 spiro atoms. The molecule has 0 aliphatic rings. The van der Waals surface area contributed by atoms with Crippen LogP contribution >= 0.6 is 23.2 Å². The summed E-state index contributed by atoms with van der Waals surface area (Å²) in [5.74, 6) is -0.572. The van der Waals surface area contributed by atoms with Crippen molar-refractivity contribution in [2.75, 3.05) is 5.32 Å². The van der Waals surface area contributed by atoms with Gasteiger partial charge in [-0.3, -0.25) is 4.79 Å². The molecule has 0 atom stereocenters. The molecule has 0 saturated heterocycles. The van der Waals surface area contributed by atoms with Gasteiger partial charge in [0.15, 0.2) is 0 Å². The van der Waals surface area contributed by atoms with Crippen molar-refractivity contribution in [1.29, 1.82) is 5.26 Å². The fourth-order valence-corrected chi connectivity index (χ4v) is 3.68. The second-order valence-corrected chi connectivity index (χ2v) is 7.73. The van der Waals surface area contributed by atoms with Crippen LogP contribution in [0.2, 0.25) is 10.0 Å². The third-order valence-electron chi connectivity index (χ3n) is 4.60. The minimum absolute atomic E-state index is 0.0779. The second kappa shape index (κ2) is 9.52. The minimum Gasteiger partial charge on any atom is -0.321 e. The van der Waals surface area contributed by atoms with Gasteiger partial charge < -0.3 is 5.32 Å². The average Bonchev–Trinajstić information content (AvgIpc) is 3.22. The van der Waals surface area contributed by atoms with Gasteiger partial charge in [-0.15, -0.1) is 0 Å². The third-order valence-corrected chi connectivity index (χ3v) is 5.03. The molecule has 0 radical (unpaired) electrons. The Kier molecular flexibility index (Phi) is 6.37. The Bertz CT molecular complexity index is 1320. The number of benzene rings is 3. The Morgan fingerprint density at radius 2 is 1.59 bits per heavy atom. The van der Waals surface area contributed by atoms with Gasteiger partial charge in [-0.1, -0.05) is 71.7 Å². The van der Waals surface area contributed by atoms with Gasteiger partial charge in [-0.05, 0) is 36.4 Å². The first-order chi connectivity index (χ1) is 15.5. The molecule has 5 nitrogen and oxygen atoms in total. The SMILES string of the molecule is N#C/C(=C/c1cn(-c2ccccc2)nc1-c1ccccc1)C(=O)Nc1cc(Cl)cc(Cl)c1. The summed E-state index contributed by atoms with van der Waals surface area (Å²) >= 11 is 12.0. The van der Waals surface area contributed by atoms with E-state index in [4.69, 9.17) is 28.3 Å². The molecule has 0 saturated carbocycles. The highest BCUT2D eigenvalue weighted by atomic mass is 35.5. The fraction of sp³-hybridized carbons (Fsp3) is 0. The van der Waals surface area contributed by atoms with Crippen LogP contribution in [0.3, 0.4) is 0 Å². The van der Waals surface area contributed by atoms with E-state index in [0.29, 0.717) is 27.0 Å². The average molecular weight is 459 g/mol. The normalized spacial score (nSPS) is 11.1. The summed E-state index contributed by atoms with van der Waals surface area (Å²) in [6.45, 7) is 0. The van der Waals surface area contributed by atoms with Crippen LogP contribution in [-0.2, 0) is 4.79 Å². The Hall–Kier alpha value is -3.85. The molecule has 156 valence electrons. The Morgan fingerprint density at radius 1 is 0.969 bits per heavy atom. The van der Waals surface area contributed by atoms with Gasteiger partial charge in [0.1, 0.15) is 11.6 Å². The van der Waals surface area contributed by atoms with Crippen molar-refractivity contribution in [3.63, 3.8) is 0 Å². The van der Waals surface area contributed by atoms with E-state index in [1.807, 2.05) is 66.7 Å². The highest BCUT2D eigenvalue weighted by Gasteiger charge is 2.15. The quantitative estimate of drug-likeness (QED) is 0.278. The van der Waals surface area contributed by atoms with Crippen molar-refractivity contribution in [3.8, 4) is 23.0 Å². The van der Waals surface area contributed by atoms with Gasteiger partial charge in [-0.25, -0.2) is 4.68 Å². The molecule has 7 heteroatoms. The number of rotatable bonds is 5. The van der Waals surface area contributed by atoms with Crippen LogP contribution in [0.25, 0.3) is 23.0 Å². The predicted molar refractivity (Wildman–Crippen MR) is 128 cm³/mol. The van der Waals surface area contributed by atoms with Crippen LogP contribution in [-0.4, -0.2) is 15.7 Å². The molecular weight excluding hydrogens is 443 g/mol. The zero-order chi connectivity index (χ0) is 22.5. The summed E-state index contributed by atoms with van der Waals surface area (Å²) in [6, 6.07) is 25.8. The maximum absolute atomic E-state index is 12.8. The molecule has 0 aliphatic carbocycles. The molecule has 4 rings (SSSR count). The number of halogens is 2. The number of nitrogens with zero attached hydrogens (tertiary/aromatic N) is 3. The molecule has 1 N–H and O–H groups in total. The van der Waals surface area contributed by atoms with Crippen molar-refractivity contribution >= 4 is 40.9 Å². The van der Waals surface area contributed by atoms with E-state index in [9.17, 15) is 10.1 Å². The molecule has 0 fully saturated rings. The number of nitrogens with one attached hydrogen (secondary N) is 1. The van der Waals surface area contributed by atoms with Crippen LogP contribution < -0.4 is 5.32 Å². The monoisotopic (exact) mass is 458 g/mol. The maximum atomic E-state index is 12.8. The number of aromatic nitrogens is 2.